The van der Waals surface area contributed by atoms with Gasteiger partial charge in [0, 0.05) is 28.9 Å². The van der Waals surface area contributed by atoms with Crippen LogP contribution >= 0.6 is 22.9 Å². The van der Waals surface area contributed by atoms with Crippen molar-refractivity contribution in [2.24, 2.45) is 0 Å². The topological polar surface area (TPSA) is 43.4 Å². The summed E-state index contributed by atoms with van der Waals surface area (Å²) in [5, 5.41) is 3.12. The number of nitrogens with zero attached hydrogens (tertiary/aromatic N) is 1. The summed E-state index contributed by atoms with van der Waals surface area (Å²) < 4.78 is 25.4. The monoisotopic (exact) mass is 364 g/mol. The van der Waals surface area contributed by atoms with Crippen molar-refractivity contribution in [1.29, 1.82) is 0 Å². The fraction of sp³-hybridized carbons (Fsp3) is 0.118. The lowest BCUT2D eigenvalue weighted by Crippen LogP contribution is -1.98. The van der Waals surface area contributed by atoms with Crippen molar-refractivity contribution in [2.75, 3.05) is 12.4 Å². The lowest BCUT2D eigenvalue weighted by molar-refractivity contribution is 0.405. The Morgan fingerprint density at radius 2 is 2.04 bits per heavy atom. The summed E-state index contributed by atoms with van der Waals surface area (Å²) >= 11 is 7.16. The van der Waals surface area contributed by atoms with Crippen LogP contribution in [0.4, 0.5) is 10.1 Å². The van der Waals surface area contributed by atoms with Gasteiger partial charge in [0.15, 0.2) is 16.0 Å². The van der Waals surface area contributed by atoms with E-state index in [1.165, 1.54) is 17.4 Å². The van der Waals surface area contributed by atoms with Crippen molar-refractivity contribution in [3.8, 4) is 17.2 Å². The summed E-state index contributed by atoms with van der Waals surface area (Å²) in [5.74, 6) is 0.850. The van der Waals surface area contributed by atoms with Crippen LogP contribution in [-0.4, -0.2) is 12.1 Å². The lowest BCUT2D eigenvalue weighted by atomic mass is 10.2. The van der Waals surface area contributed by atoms with Gasteiger partial charge in [-0.1, -0.05) is 17.7 Å². The molecule has 0 atom stereocenters. The van der Waals surface area contributed by atoms with E-state index in [0.717, 1.165) is 4.88 Å². The van der Waals surface area contributed by atoms with Crippen molar-refractivity contribution in [2.45, 2.75) is 6.54 Å². The Balaban J connectivity index is 1.67. The molecule has 0 spiro atoms. The Bertz CT molecular complexity index is 841. The number of rotatable bonds is 6. The van der Waals surface area contributed by atoms with E-state index in [1.807, 2.05) is 0 Å². The summed E-state index contributed by atoms with van der Waals surface area (Å²) in [4.78, 5) is 4.93. The number of anilines is 1. The molecule has 24 heavy (non-hydrogen) atoms. The molecule has 0 fully saturated rings. The number of hydrogen-bond donors (Lipinski definition) is 1. The van der Waals surface area contributed by atoms with Crippen LogP contribution in [0.25, 0.3) is 0 Å². The molecule has 0 bridgehead atoms. The van der Waals surface area contributed by atoms with Crippen LogP contribution < -0.4 is 14.8 Å². The van der Waals surface area contributed by atoms with Crippen molar-refractivity contribution < 1.29 is 13.9 Å². The Morgan fingerprint density at radius 1 is 1.21 bits per heavy atom. The fourth-order valence-corrected chi connectivity index (χ4v) is 2.96. The molecular weight excluding hydrogens is 351 g/mol. The smallest absolute Gasteiger partial charge is 0.183 e. The number of methoxy groups -OCH3 is 1. The Labute approximate surface area is 147 Å². The number of halogens is 2. The number of benzene rings is 2. The highest BCUT2D eigenvalue weighted by Crippen LogP contribution is 2.29. The molecule has 0 amide bonds. The Hall–Kier alpha value is -2.31. The van der Waals surface area contributed by atoms with Gasteiger partial charge in [0.1, 0.15) is 11.5 Å². The van der Waals surface area contributed by atoms with Gasteiger partial charge in [-0.3, -0.25) is 0 Å². The molecule has 2 aromatic carbocycles. The second-order valence-electron chi connectivity index (χ2n) is 4.86. The standard InChI is InChI=1S/C17H14ClFN2O2S/c1-22-12-3-2-4-13(8-12)23-16-6-5-11(7-15(16)19)20-9-14-10-21-17(18)24-14/h2-8,10,20H,9H2,1H3. The van der Waals surface area contributed by atoms with Gasteiger partial charge in [-0.25, -0.2) is 9.37 Å². The molecule has 1 aromatic heterocycles. The van der Waals surface area contributed by atoms with Crippen LogP contribution in [0.1, 0.15) is 4.88 Å². The number of thiazole rings is 1. The second-order valence-corrected chi connectivity index (χ2v) is 6.56. The van der Waals surface area contributed by atoms with Gasteiger partial charge in [-0.2, -0.15) is 0 Å². The van der Waals surface area contributed by atoms with Crippen molar-refractivity contribution in [3.63, 3.8) is 0 Å². The maximum absolute atomic E-state index is 14.2. The van der Waals surface area contributed by atoms with Crippen LogP contribution in [-0.2, 0) is 6.54 Å². The molecule has 3 rings (SSSR count). The van der Waals surface area contributed by atoms with Crippen LogP contribution in [0.3, 0.4) is 0 Å². The predicted octanol–water partition coefficient (Wildman–Crippen LogP) is 5.35. The zero-order chi connectivity index (χ0) is 16.9. The number of hydrogen-bond acceptors (Lipinski definition) is 5. The zero-order valence-electron chi connectivity index (χ0n) is 12.8. The quantitative estimate of drug-likeness (QED) is 0.640. The highest BCUT2D eigenvalue weighted by atomic mass is 35.5. The number of nitrogens with one attached hydrogen (secondary N) is 1. The van der Waals surface area contributed by atoms with E-state index in [1.54, 1.807) is 49.7 Å². The first-order valence-corrected chi connectivity index (χ1v) is 8.29. The maximum Gasteiger partial charge on any atom is 0.183 e. The summed E-state index contributed by atoms with van der Waals surface area (Å²) in [6.45, 7) is 0.528. The molecule has 0 aliphatic rings. The maximum atomic E-state index is 14.2. The molecule has 0 aliphatic heterocycles. The summed E-state index contributed by atoms with van der Waals surface area (Å²) in [7, 11) is 1.57. The van der Waals surface area contributed by atoms with Gasteiger partial charge in [0.25, 0.3) is 0 Å². The van der Waals surface area contributed by atoms with Crippen LogP contribution in [0.2, 0.25) is 4.47 Å². The second kappa shape index (κ2) is 7.51. The van der Waals surface area contributed by atoms with Crippen molar-refractivity contribution in [3.05, 3.63) is 63.8 Å². The zero-order valence-corrected chi connectivity index (χ0v) is 14.3. The molecule has 1 N–H and O–H groups in total. The molecule has 1 heterocycles. The molecule has 0 radical (unpaired) electrons. The van der Waals surface area contributed by atoms with Gasteiger partial charge < -0.3 is 14.8 Å². The molecule has 3 aromatic rings. The normalized spacial score (nSPS) is 10.5. The predicted molar refractivity (Wildman–Crippen MR) is 93.9 cm³/mol. The SMILES string of the molecule is COc1cccc(Oc2ccc(NCc3cnc(Cl)s3)cc2F)c1. The van der Waals surface area contributed by atoms with E-state index in [9.17, 15) is 4.39 Å². The van der Waals surface area contributed by atoms with Gasteiger partial charge in [0.05, 0.1) is 13.7 Å². The molecular formula is C17H14ClFN2O2S. The fourth-order valence-electron chi connectivity index (χ4n) is 2.04. The number of ether oxygens (including phenoxy) is 2. The molecule has 7 heteroatoms. The van der Waals surface area contributed by atoms with E-state index < -0.39 is 5.82 Å². The van der Waals surface area contributed by atoms with Gasteiger partial charge in [0.2, 0.25) is 0 Å². The minimum absolute atomic E-state index is 0.148. The van der Waals surface area contributed by atoms with E-state index in [2.05, 4.69) is 10.3 Å². The molecule has 0 saturated carbocycles. The first-order chi connectivity index (χ1) is 11.6. The lowest BCUT2D eigenvalue weighted by Gasteiger charge is -2.10. The summed E-state index contributed by atoms with van der Waals surface area (Å²) in [6, 6.07) is 11.7. The van der Waals surface area contributed by atoms with Crippen LogP contribution in [0.5, 0.6) is 17.2 Å². The molecule has 0 aliphatic carbocycles. The highest BCUT2D eigenvalue weighted by molar-refractivity contribution is 7.15. The van der Waals surface area contributed by atoms with Crippen LogP contribution in [0, 0.1) is 5.82 Å². The highest BCUT2D eigenvalue weighted by Gasteiger charge is 2.07. The average Bonchev–Trinajstić information content (AvgIpc) is 3.01. The van der Waals surface area contributed by atoms with E-state index in [4.69, 9.17) is 21.1 Å². The third kappa shape index (κ3) is 4.15. The molecule has 0 saturated heterocycles. The minimum Gasteiger partial charge on any atom is -0.497 e. The van der Waals surface area contributed by atoms with E-state index in [-0.39, 0.29) is 5.75 Å². The van der Waals surface area contributed by atoms with Gasteiger partial charge in [-0.05, 0) is 24.3 Å². The summed E-state index contributed by atoms with van der Waals surface area (Å²) in [5.41, 5.74) is 0.648. The van der Waals surface area contributed by atoms with Crippen molar-refractivity contribution in [1.82, 2.24) is 4.98 Å². The minimum atomic E-state index is -0.454. The van der Waals surface area contributed by atoms with E-state index >= 15 is 0 Å². The molecule has 4 nitrogen and oxygen atoms in total. The van der Waals surface area contributed by atoms with Gasteiger partial charge >= 0.3 is 0 Å². The Kier molecular flexibility index (Phi) is 5.17. The largest absolute Gasteiger partial charge is 0.497 e. The van der Waals surface area contributed by atoms with Gasteiger partial charge in [-0.15, -0.1) is 11.3 Å². The Morgan fingerprint density at radius 3 is 2.75 bits per heavy atom. The first kappa shape index (κ1) is 16.5. The third-order valence-corrected chi connectivity index (χ3v) is 4.31. The molecule has 0 unspecified atom stereocenters. The van der Waals surface area contributed by atoms with E-state index in [0.29, 0.717) is 28.2 Å². The van der Waals surface area contributed by atoms with Crippen molar-refractivity contribution >= 4 is 28.6 Å². The third-order valence-electron chi connectivity index (χ3n) is 3.19. The first-order valence-electron chi connectivity index (χ1n) is 7.09. The summed E-state index contributed by atoms with van der Waals surface area (Å²) in [6.07, 6.45) is 1.69. The number of aromatic nitrogens is 1. The average molecular weight is 365 g/mol. The van der Waals surface area contributed by atoms with Crippen LogP contribution in [0.15, 0.2) is 48.7 Å². The molecule has 124 valence electrons.